The summed E-state index contributed by atoms with van der Waals surface area (Å²) >= 11 is 0. The number of carboxylic acid groups (broad SMARTS) is 1. The van der Waals surface area contributed by atoms with Crippen molar-refractivity contribution >= 4 is 17.8 Å². The van der Waals surface area contributed by atoms with E-state index in [-0.39, 0.29) is 18.1 Å². The molecule has 156 valence electrons. The lowest BCUT2D eigenvalue weighted by atomic mass is 9.96. The van der Waals surface area contributed by atoms with Gasteiger partial charge in [0.1, 0.15) is 23.9 Å². The SMILES string of the molecule is CCC(C)C(NC(=O)C(N)C(C)O)C(=O)NC(Cc1ccc(O)cc1)C(=O)O. The Bertz CT molecular complexity index is 677. The molecule has 28 heavy (non-hydrogen) atoms. The molecule has 5 unspecified atom stereocenters. The maximum atomic E-state index is 12.7. The van der Waals surface area contributed by atoms with E-state index in [1.165, 1.54) is 19.1 Å². The van der Waals surface area contributed by atoms with Crippen LogP contribution >= 0.6 is 0 Å². The largest absolute Gasteiger partial charge is 0.508 e. The highest BCUT2D eigenvalue weighted by molar-refractivity contribution is 5.92. The van der Waals surface area contributed by atoms with Crippen LogP contribution in [0.1, 0.15) is 32.8 Å². The molecule has 7 N–H and O–H groups in total. The minimum absolute atomic E-state index is 0.00964. The van der Waals surface area contributed by atoms with Crippen molar-refractivity contribution in [3.05, 3.63) is 29.8 Å². The number of rotatable bonds is 10. The summed E-state index contributed by atoms with van der Waals surface area (Å²) in [6.45, 7) is 4.94. The monoisotopic (exact) mass is 395 g/mol. The van der Waals surface area contributed by atoms with Crippen LogP contribution in [0, 0.1) is 5.92 Å². The number of carbonyl (C=O) groups excluding carboxylic acids is 2. The highest BCUT2D eigenvalue weighted by Gasteiger charge is 2.31. The van der Waals surface area contributed by atoms with Crippen LogP contribution in [0.4, 0.5) is 0 Å². The fourth-order valence-electron chi connectivity index (χ4n) is 2.50. The molecule has 9 heteroatoms. The number of aliphatic hydroxyl groups is 1. The molecule has 9 nitrogen and oxygen atoms in total. The molecule has 1 aromatic rings. The van der Waals surface area contributed by atoms with Gasteiger partial charge in [0.25, 0.3) is 0 Å². The van der Waals surface area contributed by atoms with Gasteiger partial charge in [-0.3, -0.25) is 9.59 Å². The van der Waals surface area contributed by atoms with Crippen molar-refractivity contribution in [2.24, 2.45) is 11.7 Å². The molecule has 0 bridgehead atoms. The molecule has 5 atom stereocenters. The Labute approximate surface area is 163 Å². The van der Waals surface area contributed by atoms with E-state index >= 15 is 0 Å². The van der Waals surface area contributed by atoms with Crippen molar-refractivity contribution in [2.45, 2.75) is 57.8 Å². The summed E-state index contributed by atoms with van der Waals surface area (Å²) in [5.41, 5.74) is 6.22. The summed E-state index contributed by atoms with van der Waals surface area (Å²) < 4.78 is 0. The summed E-state index contributed by atoms with van der Waals surface area (Å²) in [6.07, 6.45) is -0.532. The second kappa shape index (κ2) is 10.6. The van der Waals surface area contributed by atoms with Crippen molar-refractivity contribution in [3.8, 4) is 5.75 Å². The standard InChI is InChI=1S/C19H29N3O6/c1-4-10(2)16(22-17(25)15(20)11(3)23)18(26)21-14(19(27)28)9-12-5-7-13(24)8-6-12/h5-8,10-11,14-16,23-24H,4,9,20H2,1-3H3,(H,21,26)(H,22,25)(H,27,28). The molecule has 0 aromatic heterocycles. The minimum Gasteiger partial charge on any atom is -0.508 e. The molecule has 0 saturated heterocycles. The Hall–Kier alpha value is -2.65. The average molecular weight is 395 g/mol. The summed E-state index contributed by atoms with van der Waals surface area (Å²) in [6, 6.07) is 2.56. The zero-order chi connectivity index (χ0) is 21.4. The number of aliphatic carboxylic acids is 1. The molecule has 0 saturated carbocycles. The Morgan fingerprint density at radius 1 is 1.07 bits per heavy atom. The molecule has 0 aliphatic carbocycles. The van der Waals surface area contributed by atoms with Gasteiger partial charge in [0.15, 0.2) is 0 Å². The van der Waals surface area contributed by atoms with Crippen LogP contribution in [0.3, 0.4) is 0 Å². The first kappa shape index (κ1) is 23.4. The third-order valence-electron chi connectivity index (χ3n) is 4.61. The lowest BCUT2D eigenvalue weighted by Gasteiger charge is -2.27. The van der Waals surface area contributed by atoms with Gasteiger partial charge >= 0.3 is 5.97 Å². The molecule has 0 radical (unpaired) electrons. The number of benzene rings is 1. The molecule has 1 rings (SSSR count). The first-order valence-corrected chi connectivity index (χ1v) is 9.11. The van der Waals surface area contributed by atoms with Crippen LogP contribution in [0.5, 0.6) is 5.75 Å². The number of aromatic hydroxyl groups is 1. The van der Waals surface area contributed by atoms with Crippen molar-refractivity contribution in [1.82, 2.24) is 10.6 Å². The third kappa shape index (κ3) is 6.82. The summed E-state index contributed by atoms with van der Waals surface area (Å²) in [4.78, 5) is 36.4. The van der Waals surface area contributed by atoms with Crippen molar-refractivity contribution in [3.63, 3.8) is 0 Å². The van der Waals surface area contributed by atoms with Gasteiger partial charge in [-0.05, 0) is 30.5 Å². The summed E-state index contributed by atoms with van der Waals surface area (Å²) in [5.74, 6) is -2.80. The smallest absolute Gasteiger partial charge is 0.326 e. The van der Waals surface area contributed by atoms with E-state index in [1.54, 1.807) is 19.1 Å². The molecule has 0 heterocycles. The van der Waals surface area contributed by atoms with E-state index in [0.717, 1.165) is 0 Å². The number of carbonyl (C=O) groups is 3. The Morgan fingerprint density at radius 3 is 2.11 bits per heavy atom. The van der Waals surface area contributed by atoms with E-state index in [4.69, 9.17) is 5.73 Å². The van der Waals surface area contributed by atoms with Gasteiger partial charge in [0.05, 0.1) is 6.10 Å². The average Bonchev–Trinajstić information content (AvgIpc) is 2.65. The van der Waals surface area contributed by atoms with Gasteiger partial charge in [-0.15, -0.1) is 0 Å². The maximum absolute atomic E-state index is 12.7. The lowest BCUT2D eigenvalue weighted by molar-refractivity contribution is -0.142. The Kier molecular flexibility index (Phi) is 8.87. The molecular formula is C19H29N3O6. The van der Waals surface area contributed by atoms with Gasteiger partial charge < -0.3 is 31.7 Å². The lowest BCUT2D eigenvalue weighted by Crippen LogP contribution is -2.58. The van der Waals surface area contributed by atoms with Crippen LogP contribution in [0.15, 0.2) is 24.3 Å². The van der Waals surface area contributed by atoms with Gasteiger partial charge in [0, 0.05) is 6.42 Å². The molecule has 0 spiro atoms. The Balaban J connectivity index is 2.91. The number of phenolic OH excluding ortho intramolecular Hbond substituents is 1. The summed E-state index contributed by atoms with van der Waals surface area (Å²) in [5, 5.41) is 33.2. The second-order valence-corrected chi connectivity index (χ2v) is 6.91. The number of nitrogens with one attached hydrogen (secondary N) is 2. The van der Waals surface area contributed by atoms with E-state index in [1.807, 2.05) is 6.92 Å². The van der Waals surface area contributed by atoms with E-state index < -0.39 is 42.0 Å². The van der Waals surface area contributed by atoms with Crippen molar-refractivity contribution < 1.29 is 29.7 Å². The van der Waals surface area contributed by atoms with E-state index in [2.05, 4.69) is 10.6 Å². The number of hydrogen-bond donors (Lipinski definition) is 6. The number of amides is 2. The number of aliphatic hydroxyl groups excluding tert-OH is 1. The van der Waals surface area contributed by atoms with Gasteiger partial charge in [-0.1, -0.05) is 32.4 Å². The normalized spacial score (nSPS) is 16.3. The van der Waals surface area contributed by atoms with Gasteiger partial charge in [-0.25, -0.2) is 4.79 Å². The summed E-state index contributed by atoms with van der Waals surface area (Å²) in [7, 11) is 0. The molecule has 0 fully saturated rings. The van der Waals surface area contributed by atoms with Crippen LogP contribution in [-0.4, -0.2) is 57.3 Å². The molecule has 0 aliphatic rings. The van der Waals surface area contributed by atoms with Crippen LogP contribution in [0.25, 0.3) is 0 Å². The number of carboxylic acids is 1. The predicted octanol–water partition coefficient (Wildman–Crippen LogP) is -0.257. The first-order valence-electron chi connectivity index (χ1n) is 9.11. The fraction of sp³-hybridized carbons (Fsp3) is 0.526. The second-order valence-electron chi connectivity index (χ2n) is 6.91. The quantitative estimate of drug-likeness (QED) is 0.318. The van der Waals surface area contributed by atoms with Crippen LogP contribution < -0.4 is 16.4 Å². The van der Waals surface area contributed by atoms with Gasteiger partial charge in [-0.2, -0.15) is 0 Å². The van der Waals surface area contributed by atoms with Crippen LogP contribution in [-0.2, 0) is 20.8 Å². The predicted molar refractivity (Wildman–Crippen MR) is 102 cm³/mol. The molecule has 1 aromatic carbocycles. The van der Waals surface area contributed by atoms with Gasteiger partial charge in [0.2, 0.25) is 11.8 Å². The fourth-order valence-corrected chi connectivity index (χ4v) is 2.50. The van der Waals surface area contributed by atoms with Crippen molar-refractivity contribution in [2.75, 3.05) is 0 Å². The number of nitrogens with two attached hydrogens (primary N) is 1. The van der Waals surface area contributed by atoms with Crippen molar-refractivity contribution in [1.29, 1.82) is 0 Å². The number of hydrogen-bond acceptors (Lipinski definition) is 6. The third-order valence-corrected chi connectivity index (χ3v) is 4.61. The van der Waals surface area contributed by atoms with E-state index in [0.29, 0.717) is 12.0 Å². The first-order chi connectivity index (χ1) is 13.1. The van der Waals surface area contributed by atoms with E-state index in [9.17, 15) is 29.7 Å². The highest BCUT2D eigenvalue weighted by Crippen LogP contribution is 2.13. The number of phenols is 1. The highest BCUT2D eigenvalue weighted by atomic mass is 16.4. The maximum Gasteiger partial charge on any atom is 0.326 e. The zero-order valence-electron chi connectivity index (χ0n) is 16.3. The van der Waals surface area contributed by atoms with Crippen LogP contribution in [0.2, 0.25) is 0 Å². The topological polar surface area (TPSA) is 162 Å². The Morgan fingerprint density at radius 2 is 1.64 bits per heavy atom. The molecule has 2 amide bonds. The zero-order valence-corrected chi connectivity index (χ0v) is 16.3. The minimum atomic E-state index is -1.23. The molecule has 0 aliphatic heterocycles. The molecular weight excluding hydrogens is 366 g/mol.